The lowest BCUT2D eigenvalue weighted by Crippen LogP contribution is -1.99. The van der Waals surface area contributed by atoms with Crippen LogP contribution in [0.2, 0.25) is 0 Å². The Labute approximate surface area is 113 Å². The average Bonchev–Trinajstić information content (AvgIpc) is 2.37. The molecular weight excluding hydrogens is 270 g/mol. The van der Waals surface area contributed by atoms with Crippen LogP contribution in [0, 0.1) is 11.6 Å². The fourth-order valence-corrected chi connectivity index (χ4v) is 2.62. The highest BCUT2D eigenvalue weighted by Crippen LogP contribution is 2.28. The summed E-state index contributed by atoms with van der Waals surface area (Å²) < 4.78 is 26.6. The smallest absolute Gasteiger partial charge is 0.336 e. The third-order valence-corrected chi connectivity index (χ3v) is 3.62. The van der Waals surface area contributed by atoms with E-state index >= 15 is 0 Å². The van der Waals surface area contributed by atoms with Gasteiger partial charge in [-0.05, 0) is 29.8 Å². The molecule has 0 bridgehead atoms. The highest BCUT2D eigenvalue weighted by Gasteiger charge is 2.12. The molecule has 0 atom stereocenters. The summed E-state index contributed by atoms with van der Waals surface area (Å²) in [6, 6.07) is 9.67. The summed E-state index contributed by atoms with van der Waals surface area (Å²) in [5, 5.41) is 9.00. The molecule has 0 aliphatic rings. The van der Waals surface area contributed by atoms with Crippen molar-refractivity contribution >= 4 is 17.7 Å². The van der Waals surface area contributed by atoms with Crippen molar-refractivity contribution in [2.75, 3.05) is 0 Å². The molecule has 2 nitrogen and oxygen atoms in total. The molecule has 2 aromatic rings. The number of carboxylic acids is 1. The van der Waals surface area contributed by atoms with Crippen LogP contribution in [-0.4, -0.2) is 11.1 Å². The molecule has 2 aromatic carbocycles. The maximum atomic E-state index is 13.4. The van der Waals surface area contributed by atoms with Crippen molar-refractivity contribution in [3.8, 4) is 0 Å². The minimum absolute atomic E-state index is 0.0164. The van der Waals surface area contributed by atoms with Crippen LogP contribution in [0.5, 0.6) is 0 Å². The van der Waals surface area contributed by atoms with E-state index < -0.39 is 11.8 Å². The lowest BCUT2D eigenvalue weighted by Gasteiger charge is -2.06. The molecule has 2 rings (SSSR count). The molecule has 0 aliphatic heterocycles. The summed E-state index contributed by atoms with van der Waals surface area (Å²) in [7, 11) is 0. The molecule has 0 aliphatic carbocycles. The number of hydrogen-bond acceptors (Lipinski definition) is 2. The Morgan fingerprint density at radius 2 is 1.89 bits per heavy atom. The molecule has 0 saturated carbocycles. The van der Waals surface area contributed by atoms with Crippen LogP contribution in [-0.2, 0) is 5.75 Å². The van der Waals surface area contributed by atoms with Crippen molar-refractivity contribution in [3.05, 3.63) is 65.2 Å². The minimum atomic E-state index is -1.13. The first kappa shape index (κ1) is 13.5. The summed E-state index contributed by atoms with van der Waals surface area (Å²) >= 11 is 1.10. The number of thioether (sulfide) groups is 1. The molecule has 0 heterocycles. The topological polar surface area (TPSA) is 37.3 Å². The van der Waals surface area contributed by atoms with E-state index in [0.717, 1.165) is 23.9 Å². The third-order valence-electron chi connectivity index (χ3n) is 2.52. The van der Waals surface area contributed by atoms with Gasteiger partial charge < -0.3 is 5.11 Å². The van der Waals surface area contributed by atoms with Crippen molar-refractivity contribution < 1.29 is 18.7 Å². The Kier molecular flexibility index (Phi) is 4.16. The van der Waals surface area contributed by atoms with Crippen LogP contribution in [0.3, 0.4) is 0 Å². The van der Waals surface area contributed by atoms with Gasteiger partial charge in [-0.1, -0.05) is 18.2 Å². The average molecular weight is 280 g/mol. The fourth-order valence-electron chi connectivity index (χ4n) is 1.56. The molecule has 0 radical (unpaired) electrons. The Morgan fingerprint density at radius 1 is 1.16 bits per heavy atom. The van der Waals surface area contributed by atoms with Gasteiger partial charge in [0.15, 0.2) is 0 Å². The monoisotopic (exact) mass is 280 g/mol. The van der Waals surface area contributed by atoms with E-state index in [1.54, 1.807) is 18.2 Å². The summed E-state index contributed by atoms with van der Waals surface area (Å²) in [5.41, 5.74) is 0.468. The van der Waals surface area contributed by atoms with E-state index in [1.165, 1.54) is 12.1 Å². The Hall–Kier alpha value is -1.88. The lowest BCUT2D eigenvalue weighted by atomic mass is 10.2. The molecule has 19 heavy (non-hydrogen) atoms. The largest absolute Gasteiger partial charge is 0.478 e. The standard InChI is InChI=1S/C14H10F2O2S/c15-10-5-6-11(14(17)18)13(7-10)19-8-9-3-1-2-4-12(9)16/h1-7H,8H2,(H,17,18). The first-order valence-corrected chi connectivity index (χ1v) is 6.45. The van der Waals surface area contributed by atoms with E-state index in [0.29, 0.717) is 5.56 Å². The fraction of sp³-hybridized carbons (Fsp3) is 0.0714. The number of halogens is 2. The quantitative estimate of drug-likeness (QED) is 0.861. The summed E-state index contributed by atoms with van der Waals surface area (Å²) in [6.45, 7) is 0. The normalized spacial score (nSPS) is 10.4. The summed E-state index contributed by atoms with van der Waals surface area (Å²) in [5.74, 6) is -1.75. The molecule has 0 amide bonds. The summed E-state index contributed by atoms with van der Waals surface area (Å²) in [4.78, 5) is 11.3. The molecule has 5 heteroatoms. The van der Waals surface area contributed by atoms with Crippen molar-refractivity contribution in [1.82, 2.24) is 0 Å². The minimum Gasteiger partial charge on any atom is -0.478 e. The van der Waals surface area contributed by atoms with Crippen LogP contribution < -0.4 is 0 Å². The molecule has 0 spiro atoms. The van der Waals surface area contributed by atoms with Gasteiger partial charge in [-0.3, -0.25) is 0 Å². The van der Waals surface area contributed by atoms with Gasteiger partial charge >= 0.3 is 5.97 Å². The molecule has 0 fully saturated rings. The van der Waals surface area contributed by atoms with E-state index in [1.807, 2.05) is 0 Å². The van der Waals surface area contributed by atoms with Gasteiger partial charge in [0.1, 0.15) is 11.6 Å². The predicted molar refractivity (Wildman–Crippen MR) is 69.3 cm³/mol. The van der Waals surface area contributed by atoms with Crippen molar-refractivity contribution in [2.45, 2.75) is 10.6 Å². The molecule has 0 saturated heterocycles. The van der Waals surface area contributed by atoms with Gasteiger partial charge in [-0.15, -0.1) is 11.8 Å². The van der Waals surface area contributed by atoms with E-state index in [4.69, 9.17) is 5.11 Å². The van der Waals surface area contributed by atoms with E-state index in [9.17, 15) is 13.6 Å². The molecular formula is C14H10F2O2S. The third kappa shape index (κ3) is 3.32. The van der Waals surface area contributed by atoms with Gasteiger partial charge in [0.2, 0.25) is 0 Å². The second-order valence-corrected chi connectivity index (χ2v) is 4.84. The second-order valence-electron chi connectivity index (χ2n) is 3.83. The highest BCUT2D eigenvalue weighted by atomic mass is 32.2. The first-order chi connectivity index (χ1) is 9.08. The van der Waals surface area contributed by atoms with Crippen LogP contribution in [0.15, 0.2) is 47.4 Å². The zero-order valence-corrected chi connectivity index (χ0v) is 10.6. The van der Waals surface area contributed by atoms with Gasteiger partial charge in [-0.2, -0.15) is 0 Å². The van der Waals surface area contributed by atoms with Crippen LogP contribution in [0.25, 0.3) is 0 Å². The van der Waals surface area contributed by atoms with Crippen LogP contribution in [0.1, 0.15) is 15.9 Å². The van der Waals surface area contributed by atoms with Crippen molar-refractivity contribution in [2.24, 2.45) is 0 Å². The van der Waals surface area contributed by atoms with Crippen molar-refractivity contribution in [1.29, 1.82) is 0 Å². The Morgan fingerprint density at radius 3 is 2.58 bits per heavy atom. The highest BCUT2D eigenvalue weighted by molar-refractivity contribution is 7.98. The van der Waals surface area contributed by atoms with Gasteiger partial charge in [0, 0.05) is 10.6 Å². The van der Waals surface area contributed by atoms with Gasteiger partial charge in [0.05, 0.1) is 5.56 Å². The number of carboxylic acid groups (broad SMARTS) is 1. The second kappa shape index (κ2) is 5.84. The number of benzene rings is 2. The van der Waals surface area contributed by atoms with E-state index in [2.05, 4.69) is 0 Å². The maximum Gasteiger partial charge on any atom is 0.336 e. The van der Waals surface area contributed by atoms with Gasteiger partial charge in [0.25, 0.3) is 0 Å². The zero-order chi connectivity index (χ0) is 13.8. The molecule has 98 valence electrons. The Bertz CT molecular complexity index is 614. The molecule has 1 N–H and O–H groups in total. The molecule has 0 unspecified atom stereocenters. The van der Waals surface area contributed by atoms with Crippen molar-refractivity contribution in [3.63, 3.8) is 0 Å². The number of rotatable bonds is 4. The SMILES string of the molecule is O=C(O)c1ccc(F)cc1SCc1ccccc1F. The summed E-state index contributed by atoms with van der Waals surface area (Å²) in [6.07, 6.45) is 0. The predicted octanol–water partition coefficient (Wildman–Crippen LogP) is 3.96. The molecule has 0 aromatic heterocycles. The van der Waals surface area contributed by atoms with E-state index in [-0.39, 0.29) is 22.0 Å². The Balaban J connectivity index is 2.22. The lowest BCUT2D eigenvalue weighted by molar-refractivity contribution is 0.0693. The number of hydrogen-bond donors (Lipinski definition) is 1. The number of carbonyl (C=O) groups is 1. The van der Waals surface area contributed by atoms with Crippen LogP contribution in [0.4, 0.5) is 8.78 Å². The maximum absolute atomic E-state index is 13.4. The zero-order valence-electron chi connectivity index (χ0n) is 9.77. The van der Waals surface area contributed by atoms with Gasteiger partial charge in [-0.25, -0.2) is 13.6 Å². The number of aromatic carboxylic acids is 1. The van der Waals surface area contributed by atoms with Crippen LogP contribution >= 0.6 is 11.8 Å². The first-order valence-electron chi connectivity index (χ1n) is 5.47.